The monoisotopic (exact) mass is 401 g/mol. The Morgan fingerprint density at radius 2 is 1.70 bits per heavy atom. The van der Waals surface area contributed by atoms with Crippen molar-refractivity contribution in [1.29, 1.82) is 0 Å². The molecule has 9 nitrogen and oxygen atoms in total. The summed E-state index contributed by atoms with van der Waals surface area (Å²) in [6, 6.07) is 19.5. The molecule has 0 saturated heterocycles. The fraction of sp³-hybridized carbons (Fsp3) is 0.0476. The molecule has 2 aromatic heterocycles. The summed E-state index contributed by atoms with van der Waals surface area (Å²) >= 11 is 0. The summed E-state index contributed by atoms with van der Waals surface area (Å²) in [6.07, 6.45) is 3.48. The van der Waals surface area contributed by atoms with Gasteiger partial charge in [-0.05, 0) is 54.6 Å². The highest BCUT2D eigenvalue weighted by atomic mass is 16.5. The van der Waals surface area contributed by atoms with Crippen LogP contribution in [-0.4, -0.2) is 33.1 Å². The number of urea groups is 1. The largest absolute Gasteiger partial charge is 0.497 e. The first-order valence-corrected chi connectivity index (χ1v) is 9.12. The third-order valence-corrected chi connectivity index (χ3v) is 4.13. The number of nitrogens with one attached hydrogen (secondary N) is 3. The van der Waals surface area contributed by atoms with Crippen molar-refractivity contribution in [2.75, 3.05) is 23.1 Å². The lowest BCUT2D eigenvalue weighted by Gasteiger charge is -2.10. The molecule has 4 aromatic rings. The third-order valence-electron chi connectivity index (χ3n) is 4.13. The van der Waals surface area contributed by atoms with Crippen LogP contribution in [0.25, 0.3) is 5.82 Å². The van der Waals surface area contributed by atoms with Gasteiger partial charge in [-0.3, -0.25) is 0 Å². The lowest BCUT2D eigenvalue weighted by atomic mass is 10.2. The lowest BCUT2D eigenvalue weighted by Crippen LogP contribution is -2.19. The van der Waals surface area contributed by atoms with E-state index < -0.39 is 0 Å². The first-order valence-electron chi connectivity index (χ1n) is 9.12. The molecule has 2 aromatic carbocycles. The Kier molecular flexibility index (Phi) is 5.52. The molecule has 2 amide bonds. The van der Waals surface area contributed by atoms with Gasteiger partial charge < -0.3 is 20.7 Å². The molecule has 0 atom stereocenters. The number of hydrogen-bond acceptors (Lipinski definition) is 6. The Bertz CT molecular complexity index is 1110. The molecule has 0 saturated carbocycles. The van der Waals surface area contributed by atoms with E-state index in [0.717, 1.165) is 5.69 Å². The van der Waals surface area contributed by atoms with Crippen LogP contribution in [0.1, 0.15) is 0 Å². The lowest BCUT2D eigenvalue weighted by molar-refractivity contribution is 0.262. The average molecular weight is 401 g/mol. The molecule has 0 aliphatic heterocycles. The van der Waals surface area contributed by atoms with Crippen molar-refractivity contribution in [3.63, 3.8) is 0 Å². The third kappa shape index (κ3) is 4.71. The average Bonchev–Trinajstić information content (AvgIpc) is 3.31. The first kappa shape index (κ1) is 18.9. The summed E-state index contributed by atoms with van der Waals surface area (Å²) in [5.41, 5.74) is 2.11. The summed E-state index contributed by atoms with van der Waals surface area (Å²) in [7, 11) is 1.58. The van der Waals surface area contributed by atoms with E-state index in [1.165, 1.54) is 0 Å². The first-order chi connectivity index (χ1) is 14.7. The zero-order valence-corrected chi connectivity index (χ0v) is 16.1. The molecule has 30 heavy (non-hydrogen) atoms. The van der Waals surface area contributed by atoms with E-state index in [-0.39, 0.29) is 6.03 Å². The Labute approximate surface area is 172 Å². The molecule has 150 valence electrons. The van der Waals surface area contributed by atoms with Crippen LogP contribution in [0.3, 0.4) is 0 Å². The van der Waals surface area contributed by atoms with Gasteiger partial charge in [0.05, 0.1) is 7.11 Å². The highest BCUT2D eigenvalue weighted by Gasteiger charge is 2.05. The van der Waals surface area contributed by atoms with Crippen LogP contribution >= 0.6 is 0 Å². The predicted molar refractivity (Wildman–Crippen MR) is 115 cm³/mol. The number of aromatic nitrogens is 4. The van der Waals surface area contributed by atoms with Gasteiger partial charge in [-0.25, -0.2) is 9.48 Å². The molecule has 2 heterocycles. The van der Waals surface area contributed by atoms with Gasteiger partial charge in [0.25, 0.3) is 0 Å². The minimum atomic E-state index is -0.343. The quantitative estimate of drug-likeness (QED) is 0.450. The zero-order chi connectivity index (χ0) is 20.8. The van der Waals surface area contributed by atoms with E-state index in [0.29, 0.717) is 28.8 Å². The van der Waals surface area contributed by atoms with E-state index in [1.807, 2.05) is 36.4 Å². The SMILES string of the molecule is COc1cccc(NC(=O)Nc2ccc(Nc3ccc(-n4cccn4)nn3)cc2)c1. The van der Waals surface area contributed by atoms with Crippen molar-refractivity contribution in [2.24, 2.45) is 0 Å². The normalized spacial score (nSPS) is 10.3. The second-order valence-corrected chi connectivity index (χ2v) is 6.24. The molecular weight excluding hydrogens is 382 g/mol. The van der Waals surface area contributed by atoms with E-state index in [1.54, 1.807) is 54.5 Å². The number of amides is 2. The van der Waals surface area contributed by atoms with E-state index in [2.05, 4.69) is 31.2 Å². The molecule has 0 bridgehead atoms. The van der Waals surface area contributed by atoms with E-state index >= 15 is 0 Å². The summed E-state index contributed by atoms with van der Waals surface area (Å²) in [5, 5.41) is 21.1. The van der Waals surface area contributed by atoms with Crippen LogP contribution in [0.2, 0.25) is 0 Å². The molecule has 3 N–H and O–H groups in total. The molecule has 0 fully saturated rings. The van der Waals surface area contributed by atoms with Gasteiger partial charge in [0.2, 0.25) is 0 Å². The van der Waals surface area contributed by atoms with Crippen molar-refractivity contribution in [2.45, 2.75) is 0 Å². The highest BCUT2D eigenvalue weighted by molar-refractivity contribution is 5.99. The Morgan fingerprint density at radius 1 is 0.900 bits per heavy atom. The minimum Gasteiger partial charge on any atom is -0.497 e. The van der Waals surface area contributed by atoms with Crippen molar-refractivity contribution < 1.29 is 9.53 Å². The Balaban J connectivity index is 1.34. The van der Waals surface area contributed by atoms with Crippen LogP contribution in [0.15, 0.2) is 79.1 Å². The maximum atomic E-state index is 12.2. The molecule has 0 spiro atoms. The Hall–Kier alpha value is -4.40. The number of carbonyl (C=O) groups is 1. The molecule has 0 aliphatic carbocycles. The summed E-state index contributed by atoms with van der Waals surface area (Å²) in [4.78, 5) is 12.2. The van der Waals surface area contributed by atoms with Crippen molar-refractivity contribution in [3.05, 3.63) is 79.1 Å². The molecule has 0 unspecified atom stereocenters. The van der Waals surface area contributed by atoms with Crippen LogP contribution in [0.4, 0.5) is 27.7 Å². The summed E-state index contributed by atoms with van der Waals surface area (Å²) in [6.45, 7) is 0. The van der Waals surface area contributed by atoms with Gasteiger partial charge in [0.1, 0.15) is 5.75 Å². The smallest absolute Gasteiger partial charge is 0.323 e. The van der Waals surface area contributed by atoms with Gasteiger partial charge in [-0.1, -0.05) is 6.07 Å². The zero-order valence-electron chi connectivity index (χ0n) is 16.1. The minimum absolute atomic E-state index is 0.343. The number of hydrogen-bond donors (Lipinski definition) is 3. The second kappa shape index (κ2) is 8.74. The fourth-order valence-electron chi connectivity index (χ4n) is 2.70. The number of rotatable bonds is 6. The number of benzene rings is 2. The van der Waals surface area contributed by atoms with Crippen LogP contribution < -0.4 is 20.7 Å². The molecule has 4 rings (SSSR count). The molecule has 9 heteroatoms. The number of methoxy groups -OCH3 is 1. The van der Waals surface area contributed by atoms with Gasteiger partial charge in [0, 0.05) is 35.5 Å². The van der Waals surface area contributed by atoms with Gasteiger partial charge in [-0.2, -0.15) is 5.10 Å². The van der Waals surface area contributed by atoms with Gasteiger partial charge >= 0.3 is 6.03 Å². The van der Waals surface area contributed by atoms with Crippen molar-refractivity contribution >= 4 is 28.9 Å². The van der Waals surface area contributed by atoms with Crippen molar-refractivity contribution in [1.82, 2.24) is 20.0 Å². The number of carbonyl (C=O) groups excluding carboxylic acids is 1. The summed E-state index contributed by atoms with van der Waals surface area (Å²) < 4.78 is 6.78. The second-order valence-electron chi connectivity index (χ2n) is 6.24. The standard InChI is InChI=1S/C21H19N7O2/c1-30-18-5-2-4-17(14-18)25-21(29)24-16-8-6-15(7-9-16)23-19-10-11-20(27-26-19)28-13-3-12-22-28/h2-14H,1H3,(H,23,26)(H2,24,25,29). The number of nitrogens with zero attached hydrogens (tertiary/aromatic N) is 4. The highest BCUT2D eigenvalue weighted by Crippen LogP contribution is 2.19. The Morgan fingerprint density at radius 3 is 2.40 bits per heavy atom. The topological polar surface area (TPSA) is 106 Å². The van der Waals surface area contributed by atoms with Crippen LogP contribution in [0.5, 0.6) is 5.75 Å². The van der Waals surface area contributed by atoms with E-state index in [9.17, 15) is 4.79 Å². The van der Waals surface area contributed by atoms with Gasteiger partial charge in [0.15, 0.2) is 11.6 Å². The van der Waals surface area contributed by atoms with E-state index in [4.69, 9.17) is 4.74 Å². The molecule has 0 aliphatic rings. The van der Waals surface area contributed by atoms with Crippen LogP contribution in [0, 0.1) is 0 Å². The maximum absolute atomic E-state index is 12.2. The fourth-order valence-corrected chi connectivity index (χ4v) is 2.70. The van der Waals surface area contributed by atoms with Gasteiger partial charge in [-0.15, -0.1) is 10.2 Å². The molecular formula is C21H19N7O2. The molecule has 0 radical (unpaired) electrons. The predicted octanol–water partition coefficient (Wildman–Crippen LogP) is 4.06. The number of anilines is 4. The number of ether oxygens (including phenoxy) is 1. The van der Waals surface area contributed by atoms with Crippen molar-refractivity contribution in [3.8, 4) is 11.6 Å². The van der Waals surface area contributed by atoms with Crippen LogP contribution in [-0.2, 0) is 0 Å². The summed E-state index contributed by atoms with van der Waals surface area (Å²) in [5.74, 6) is 1.90. The maximum Gasteiger partial charge on any atom is 0.323 e.